The molecule has 0 radical (unpaired) electrons. The third-order valence-electron chi connectivity index (χ3n) is 4.73. The molecule has 3 aromatic rings. The minimum absolute atomic E-state index is 0.0575. The summed E-state index contributed by atoms with van der Waals surface area (Å²) in [5.41, 5.74) is 1.47. The molecule has 3 aromatic carbocycles. The molecule has 0 amide bonds. The molecule has 21 heavy (non-hydrogen) atoms. The van der Waals surface area contributed by atoms with Crippen LogP contribution in [0.2, 0.25) is 0 Å². The van der Waals surface area contributed by atoms with Crippen molar-refractivity contribution in [1.29, 1.82) is 0 Å². The van der Waals surface area contributed by atoms with E-state index in [0.29, 0.717) is 0 Å². The first kappa shape index (κ1) is 12.4. The second kappa shape index (κ2) is 4.60. The molecular formula is C21H18. The van der Waals surface area contributed by atoms with E-state index in [-0.39, 0.29) is 5.41 Å². The zero-order valence-corrected chi connectivity index (χ0v) is 12.2. The normalized spacial score (nSPS) is 16.0. The standard InChI is InChI=1S/C21H18/c1-2-21(12-5-6-13-21)20-11-7-10-18-14-16-8-3-4-9-17(16)15-19(18)20/h3-15H,2H2,1H3. The maximum atomic E-state index is 2.34. The van der Waals surface area contributed by atoms with E-state index in [1.165, 1.54) is 27.1 Å². The Bertz CT molecular complexity index is 869. The van der Waals surface area contributed by atoms with Crippen molar-refractivity contribution in [3.05, 3.63) is 84.5 Å². The summed E-state index contributed by atoms with van der Waals surface area (Å²) < 4.78 is 0. The summed E-state index contributed by atoms with van der Waals surface area (Å²) in [5, 5.41) is 5.32. The van der Waals surface area contributed by atoms with Crippen LogP contribution in [0, 0.1) is 0 Å². The van der Waals surface area contributed by atoms with Gasteiger partial charge in [0.25, 0.3) is 0 Å². The van der Waals surface area contributed by atoms with Crippen LogP contribution in [0.5, 0.6) is 0 Å². The number of hydrogen-bond acceptors (Lipinski definition) is 0. The van der Waals surface area contributed by atoms with E-state index in [1.54, 1.807) is 0 Å². The van der Waals surface area contributed by atoms with Gasteiger partial charge in [-0.2, -0.15) is 0 Å². The van der Waals surface area contributed by atoms with Crippen molar-refractivity contribution in [3.63, 3.8) is 0 Å². The van der Waals surface area contributed by atoms with Gasteiger partial charge in [-0.3, -0.25) is 0 Å². The lowest BCUT2D eigenvalue weighted by atomic mass is 9.77. The van der Waals surface area contributed by atoms with E-state index >= 15 is 0 Å². The molecule has 1 aliphatic carbocycles. The lowest BCUT2D eigenvalue weighted by molar-refractivity contribution is 0.656. The second-order valence-corrected chi connectivity index (χ2v) is 5.84. The number of fused-ring (bicyclic) bond motifs is 2. The monoisotopic (exact) mass is 270 g/mol. The number of rotatable bonds is 2. The summed E-state index contributed by atoms with van der Waals surface area (Å²) in [6, 6.07) is 19.9. The Morgan fingerprint density at radius 2 is 1.43 bits per heavy atom. The summed E-state index contributed by atoms with van der Waals surface area (Å²) in [7, 11) is 0. The minimum Gasteiger partial charge on any atom is -0.0702 e. The van der Waals surface area contributed by atoms with Crippen molar-refractivity contribution in [2.24, 2.45) is 0 Å². The molecule has 0 N–H and O–H groups in total. The van der Waals surface area contributed by atoms with Crippen LogP contribution in [-0.2, 0) is 5.41 Å². The molecule has 1 aliphatic rings. The maximum Gasteiger partial charge on any atom is 0.0321 e. The number of allylic oxidation sites excluding steroid dienone is 4. The van der Waals surface area contributed by atoms with Gasteiger partial charge in [-0.15, -0.1) is 0 Å². The molecular weight excluding hydrogens is 252 g/mol. The quantitative estimate of drug-likeness (QED) is 0.519. The molecule has 0 unspecified atom stereocenters. The van der Waals surface area contributed by atoms with E-state index in [9.17, 15) is 0 Å². The largest absolute Gasteiger partial charge is 0.0702 e. The topological polar surface area (TPSA) is 0 Å². The smallest absolute Gasteiger partial charge is 0.0321 e. The third-order valence-corrected chi connectivity index (χ3v) is 4.73. The Morgan fingerprint density at radius 1 is 0.762 bits per heavy atom. The van der Waals surface area contributed by atoms with Crippen molar-refractivity contribution >= 4 is 21.5 Å². The van der Waals surface area contributed by atoms with E-state index < -0.39 is 0 Å². The third kappa shape index (κ3) is 1.83. The van der Waals surface area contributed by atoms with Gasteiger partial charge < -0.3 is 0 Å². The van der Waals surface area contributed by atoms with E-state index in [4.69, 9.17) is 0 Å². The predicted molar refractivity (Wildman–Crippen MR) is 91.7 cm³/mol. The molecule has 0 fully saturated rings. The van der Waals surface area contributed by atoms with E-state index in [2.05, 4.69) is 85.8 Å². The average Bonchev–Trinajstić information content (AvgIpc) is 3.02. The van der Waals surface area contributed by atoms with Crippen LogP contribution in [0.4, 0.5) is 0 Å². The highest BCUT2D eigenvalue weighted by molar-refractivity contribution is 6.00. The van der Waals surface area contributed by atoms with Crippen LogP contribution >= 0.6 is 0 Å². The number of hydrogen-bond donors (Lipinski definition) is 0. The fourth-order valence-electron chi connectivity index (χ4n) is 3.49. The Labute approximate surface area is 125 Å². The summed E-state index contributed by atoms with van der Waals surface area (Å²) in [4.78, 5) is 0. The molecule has 0 spiro atoms. The Hall–Kier alpha value is -2.34. The van der Waals surface area contributed by atoms with Gasteiger partial charge in [0.15, 0.2) is 0 Å². The fourth-order valence-corrected chi connectivity index (χ4v) is 3.49. The molecule has 4 rings (SSSR count). The molecule has 0 saturated heterocycles. The van der Waals surface area contributed by atoms with Crippen molar-refractivity contribution in [1.82, 2.24) is 0 Å². The molecule has 0 heteroatoms. The van der Waals surface area contributed by atoms with Gasteiger partial charge in [0.2, 0.25) is 0 Å². The van der Waals surface area contributed by atoms with Gasteiger partial charge in [-0.1, -0.05) is 73.7 Å². The first-order chi connectivity index (χ1) is 10.3. The molecule has 0 nitrogen and oxygen atoms in total. The lowest BCUT2D eigenvalue weighted by Gasteiger charge is -2.26. The van der Waals surface area contributed by atoms with Crippen LogP contribution in [0.15, 0.2) is 78.9 Å². The van der Waals surface area contributed by atoms with Gasteiger partial charge in [-0.05, 0) is 45.7 Å². The Morgan fingerprint density at radius 3 is 2.14 bits per heavy atom. The predicted octanol–water partition coefficient (Wildman–Crippen LogP) is 5.77. The van der Waals surface area contributed by atoms with E-state index in [0.717, 1.165) is 6.42 Å². The number of benzene rings is 3. The Kier molecular flexibility index (Phi) is 2.71. The highest BCUT2D eigenvalue weighted by Gasteiger charge is 2.27. The van der Waals surface area contributed by atoms with Crippen LogP contribution in [-0.4, -0.2) is 0 Å². The second-order valence-electron chi connectivity index (χ2n) is 5.84. The lowest BCUT2D eigenvalue weighted by Crippen LogP contribution is -2.18. The van der Waals surface area contributed by atoms with Gasteiger partial charge >= 0.3 is 0 Å². The minimum atomic E-state index is 0.0575. The molecule has 0 bridgehead atoms. The zero-order valence-electron chi connectivity index (χ0n) is 12.2. The highest BCUT2D eigenvalue weighted by Crippen LogP contribution is 2.39. The average molecular weight is 270 g/mol. The van der Waals surface area contributed by atoms with Crippen LogP contribution in [0.25, 0.3) is 21.5 Å². The maximum absolute atomic E-state index is 2.34. The molecule has 0 heterocycles. The first-order valence-electron chi connectivity index (χ1n) is 7.61. The van der Waals surface area contributed by atoms with Crippen LogP contribution in [0.1, 0.15) is 18.9 Å². The zero-order chi connectivity index (χ0) is 14.3. The molecule has 0 atom stereocenters. The first-order valence-corrected chi connectivity index (χ1v) is 7.61. The fraction of sp³-hybridized carbons (Fsp3) is 0.143. The summed E-state index contributed by atoms with van der Waals surface area (Å²) in [6.45, 7) is 2.26. The highest BCUT2D eigenvalue weighted by atomic mass is 14.3. The summed E-state index contributed by atoms with van der Waals surface area (Å²) >= 11 is 0. The molecule has 102 valence electrons. The van der Waals surface area contributed by atoms with Gasteiger partial charge in [0.1, 0.15) is 0 Å². The van der Waals surface area contributed by atoms with Crippen molar-refractivity contribution < 1.29 is 0 Å². The van der Waals surface area contributed by atoms with E-state index in [1.807, 2.05) is 0 Å². The molecule has 0 saturated carbocycles. The SMILES string of the molecule is CCC1(c2cccc3cc4ccccc4cc23)C=CC=C1. The van der Waals surface area contributed by atoms with Gasteiger partial charge in [0.05, 0.1) is 0 Å². The Balaban J connectivity index is 2.08. The summed E-state index contributed by atoms with van der Waals surface area (Å²) in [5.74, 6) is 0. The van der Waals surface area contributed by atoms with Crippen LogP contribution in [0.3, 0.4) is 0 Å². The van der Waals surface area contributed by atoms with Crippen molar-refractivity contribution in [2.75, 3.05) is 0 Å². The van der Waals surface area contributed by atoms with Crippen molar-refractivity contribution in [2.45, 2.75) is 18.8 Å². The molecule has 0 aliphatic heterocycles. The van der Waals surface area contributed by atoms with Gasteiger partial charge in [-0.25, -0.2) is 0 Å². The van der Waals surface area contributed by atoms with Gasteiger partial charge in [0, 0.05) is 5.41 Å². The van der Waals surface area contributed by atoms with Crippen LogP contribution < -0.4 is 0 Å². The molecule has 0 aromatic heterocycles. The summed E-state index contributed by atoms with van der Waals surface area (Å²) in [6.07, 6.45) is 10.1. The van der Waals surface area contributed by atoms with Crippen molar-refractivity contribution in [3.8, 4) is 0 Å².